The zero-order valence-corrected chi connectivity index (χ0v) is 13.3. The van der Waals surface area contributed by atoms with Crippen molar-refractivity contribution in [1.29, 1.82) is 0 Å². The van der Waals surface area contributed by atoms with Gasteiger partial charge in [0, 0.05) is 5.02 Å². The van der Waals surface area contributed by atoms with Gasteiger partial charge in [-0.25, -0.2) is 4.79 Å². The largest absolute Gasteiger partial charge is 0.481 e. The molecule has 0 aliphatic rings. The average molecular weight is 314 g/mol. The third-order valence-electron chi connectivity index (χ3n) is 2.67. The van der Waals surface area contributed by atoms with E-state index in [2.05, 4.69) is 5.32 Å². The second kappa shape index (κ2) is 6.80. The molecule has 0 saturated heterocycles. The Morgan fingerprint density at radius 3 is 2.48 bits per heavy atom. The Bertz CT molecular complexity index is 537. The van der Waals surface area contributed by atoms with E-state index in [1.165, 1.54) is 0 Å². The number of alkyl carbamates (subject to hydrolysis) is 1. The maximum Gasteiger partial charge on any atom is 0.408 e. The van der Waals surface area contributed by atoms with Crippen molar-refractivity contribution < 1.29 is 19.4 Å². The SMILES string of the molecule is Cc1ccc([C@@H](CC(=O)O)NC(=O)OC(C)(C)C)cc1Cl. The second-order valence-electron chi connectivity index (χ2n) is 5.81. The van der Waals surface area contributed by atoms with Crippen LogP contribution in [-0.2, 0) is 9.53 Å². The maximum absolute atomic E-state index is 11.8. The van der Waals surface area contributed by atoms with Crippen LogP contribution in [0.1, 0.15) is 44.4 Å². The van der Waals surface area contributed by atoms with Crippen LogP contribution in [0.3, 0.4) is 0 Å². The van der Waals surface area contributed by atoms with Gasteiger partial charge in [0.2, 0.25) is 0 Å². The molecule has 1 aromatic rings. The molecule has 21 heavy (non-hydrogen) atoms. The van der Waals surface area contributed by atoms with Gasteiger partial charge < -0.3 is 15.2 Å². The highest BCUT2D eigenvalue weighted by Crippen LogP contribution is 2.24. The Hall–Kier alpha value is -1.75. The van der Waals surface area contributed by atoms with Crippen LogP contribution in [0.4, 0.5) is 4.79 Å². The summed E-state index contributed by atoms with van der Waals surface area (Å²) in [7, 11) is 0. The number of aliphatic carboxylic acids is 1. The first kappa shape index (κ1) is 17.3. The molecule has 1 amide bonds. The van der Waals surface area contributed by atoms with Crippen LogP contribution in [0.2, 0.25) is 5.02 Å². The molecule has 0 aromatic heterocycles. The molecule has 0 aliphatic heterocycles. The standard InChI is InChI=1S/C15H20ClNO4/c1-9-5-6-10(7-11(9)16)12(8-13(18)19)17-14(20)21-15(2,3)4/h5-7,12H,8H2,1-4H3,(H,17,20)(H,18,19)/t12-/m1/s1. The first-order valence-corrected chi connectivity index (χ1v) is 6.93. The Labute approximate surface area is 129 Å². The summed E-state index contributed by atoms with van der Waals surface area (Å²) in [6, 6.07) is 4.48. The Morgan fingerprint density at radius 2 is 2.00 bits per heavy atom. The lowest BCUT2D eigenvalue weighted by Crippen LogP contribution is -2.35. The molecule has 1 aromatic carbocycles. The predicted molar refractivity (Wildman–Crippen MR) is 80.6 cm³/mol. The van der Waals surface area contributed by atoms with E-state index < -0.39 is 23.7 Å². The third kappa shape index (κ3) is 6.04. The van der Waals surface area contributed by atoms with Crippen molar-refractivity contribution >= 4 is 23.7 Å². The molecule has 0 bridgehead atoms. The fourth-order valence-electron chi connectivity index (χ4n) is 1.70. The van der Waals surface area contributed by atoms with Crippen LogP contribution in [-0.4, -0.2) is 22.8 Å². The molecule has 0 radical (unpaired) electrons. The van der Waals surface area contributed by atoms with Gasteiger partial charge in [0.1, 0.15) is 5.60 Å². The minimum Gasteiger partial charge on any atom is -0.481 e. The van der Waals surface area contributed by atoms with E-state index in [0.717, 1.165) is 5.56 Å². The summed E-state index contributed by atoms with van der Waals surface area (Å²) >= 11 is 6.05. The summed E-state index contributed by atoms with van der Waals surface area (Å²) in [5.74, 6) is -1.02. The smallest absolute Gasteiger partial charge is 0.408 e. The molecule has 1 atom stereocenters. The van der Waals surface area contributed by atoms with Gasteiger partial charge in [-0.3, -0.25) is 4.79 Å². The van der Waals surface area contributed by atoms with Crippen LogP contribution < -0.4 is 5.32 Å². The molecule has 0 heterocycles. The van der Waals surface area contributed by atoms with E-state index in [1.807, 2.05) is 6.92 Å². The van der Waals surface area contributed by atoms with Gasteiger partial charge >= 0.3 is 12.1 Å². The molecule has 0 aliphatic carbocycles. The topological polar surface area (TPSA) is 75.6 Å². The molecule has 0 saturated carbocycles. The molecule has 0 spiro atoms. The lowest BCUT2D eigenvalue weighted by atomic mass is 10.0. The molecule has 0 fully saturated rings. The summed E-state index contributed by atoms with van der Waals surface area (Å²) in [6.45, 7) is 7.06. The molecule has 1 rings (SSSR count). The van der Waals surface area contributed by atoms with Gasteiger partial charge in [0.05, 0.1) is 12.5 Å². The molecular formula is C15H20ClNO4. The maximum atomic E-state index is 11.8. The van der Waals surface area contributed by atoms with Crippen molar-refractivity contribution in [3.8, 4) is 0 Å². The van der Waals surface area contributed by atoms with E-state index in [0.29, 0.717) is 10.6 Å². The van der Waals surface area contributed by atoms with Crippen molar-refractivity contribution in [3.63, 3.8) is 0 Å². The van der Waals surface area contributed by atoms with Crippen LogP contribution in [0, 0.1) is 6.92 Å². The summed E-state index contributed by atoms with van der Waals surface area (Å²) < 4.78 is 5.15. The lowest BCUT2D eigenvalue weighted by Gasteiger charge is -2.23. The van der Waals surface area contributed by atoms with Crippen molar-refractivity contribution in [2.45, 2.75) is 45.8 Å². The van der Waals surface area contributed by atoms with Crippen LogP contribution in [0.25, 0.3) is 0 Å². The normalized spacial score (nSPS) is 12.6. The van der Waals surface area contributed by atoms with Crippen LogP contribution >= 0.6 is 11.6 Å². The molecule has 2 N–H and O–H groups in total. The van der Waals surface area contributed by atoms with Gasteiger partial charge in [-0.1, -0.05) is 23.7 Å². The van der Waals surface area contributed by atoms with Gasteiger partial charge in [-0.2, -0.15) is 0 Å². The average Bonchev–Trinajstić information content (AvgIpc) is 2.28. The predicted octanol–water partition coefficient (Wildman–Crippen LogP) is 3.69. The van der Waals surface area contributed by atoms with E-state index in [1.54, 1.807) is 39.0 Å². The minimum atomic E-state index is -1.02. The van der Waals surface area contributed by atoms with E-state index in [-0.39, 0.29) is 6.42 Å². The molecular weight excluding hydrogens is 294 g/mol. The Balaban J connectivity index is 2.92. The van der Waals surface area contributed by atoms with E-state index in [4.69, 9.17) is 21.4 Å². The van der Waals surface area contributed by atoms with Crippen LogP contribution in [0.5, 0.6) is 0 Å². The number of carboxylic acid groups (broad SMARTS) is 1. The first-order valence-electron chi connectivity index (χ1n) is 6.56. The molecule has 6 heteroatoms. The van der Waals surface area contributed by atoms with Crippen molar-refractivity contribution in [1.82, 2.24) is 5.32 Å². The second-order valence-corrected chi connectivity index (χ2v) is 6.21. The highest BCUT2D eigenvalue weighted by Gasteiger charge is 2.22. The van der Waals surface area contributed by atoms with Gasteiger partial charge in [-0.15, -0.1) is 0 Å². The first-order chi connectivity index (χ1) is 9.58. The summed E-state index contributed by atoms with van der Waals surface area (Å²) in [5, 5.41) is 12.1. The fraction of sp³-hybridized carbons (Fsp3) is 0.467. The summed E-state index contributed by atoms with van der Waals surface area (Å²) in [4.78, 5) is 22.8. The van der Waals surface area contributed by atoms with Crippen LogP contribution in [0.15, 0.2) is 18.2 Å². The lowest BCUT2D eigenvalue weighted by molar-refractivity contribution is -0.137. The number of benzene rings is 1. The fourth-order valence-corrected chi connectivity index (χ4v) is 1.89. The van der Waals surface area contributed by atoms with Crippen molar-refractivity contribution in [3.05, 3.63) is 34.3 Å². The number of hydrogen-bond donors (Lipinski definition) is 2. The number of amides is 1. The summed E-state index contributed by atoms with van der Waals surface area (Å²) in [6.07, 6.45) is -0.913. The van der Waals surface area contributed by atoms with Gasteiger partial charge in [-0.05, 0) is 44.9 Å². The van der Waals surface area contributed by atoms with E-state index in [9.17, 15) is 9.59 Å². The molecule has 116 valence electrons. The van der Waals surface area contributed by atoms with E-state index >= 15 is 0 Å². The zero-order chi connectivity index (χ0) is 16.2. The third-order valence-corrected chi connectivity index (χ3v) is 3.08. The number of carbonyl (C=O) groups is 2. The Morgan fingerprint density at radius 1 is 1.38 bits per heavy atom. The van der Waals surface area contributed by atoms with Crippen molar-refractivity contribution in [2.75, 3.05) is 0 Å². The summed E-state index contributed by atoms with van der Waals surface area (Å²) in [5.41, 5.74) is 0.855. The monoisotopic (exact) mass is 313 g/mol. The minimum absolute atomic E-state index is 0.251. The number of aryl methyl sites for hydroxylation is 1. The number of hydrogen-bond acceptors (Lipinski definition) is 3. The van der Waals surface area contributed by atoms with Gasteiger partial charge in [0.25, 0.3) is 0 Å². The molecule has 0 unspecified atom stereocenters. The number of ether oxygens (including phenoxy) is 1. The highest BCUT2D eigenvalue weighted by atomic mass is 35.5. The number of carbonyl (C=O) groups excluding carboxylic acids is 1. The number of nitrogens with one attached hydrogen (secondary N) is 1. The molecule has 5 nitrogen and oxygen atoms in total. The Kier molecular flexibility index (Phi) is 5.61. The highest BCUT2D eigenvalue weighted by molar-refractivity contribution is 6.31. The quantitative estimate of drug-likeness (QED) is 0.889. The number of halogens is 1. The van der Waals surface area contributed by atoms with Crippen molar-refractivity contribution in [2.24, 2.45) is 0 Å². The number of rotatable bonds is 4. The van der Waals surface area contributed by atoms with Gasteiger partial charge in [0.15, 0.2) is 0 Å². The zero-order valence-electron chi connectivity index (χ0n) is 12.6. The number of carboxylic acids is 1.